The number of likely N-dealkylation sites (tertiary alicyclic amines) is 1. The molecule has 3 heterocycles. The van der Waals surface area contributed by atoms with E-state index in [-0.39, 0.29) is 11.3 Å². The van der Waals surface area contributed by atoms with E-state index in [4.69, 9.17) is 0 Å². The Bertz CT molecular complexity index is 1020. The number of pyridine rings is 1. The van der Waals surface area contributed by atoms with Crippen molar-refractivity contribution >= 4 is 5.91 Å². The molecule has 0 aliphatic carbocycles. The molecule has 1 unspecified atom stereocenters. The number of fused-ring (bicyclic) bond motifs is 1. The van der Waals surface area contributed by atoms with Gasteiger partial charge in [0.15, 0.2) is 0 Å². The van der Waals surface area contributed by atoms with Crippen molar-refractivity contribution in [2.75, 3.05) is 19.6 Å². The minimum Gasteiger partial charge on any atom is -0.334 e. The van der Waals surface area contributed by atoms with Crippen molar-refractivity contribution < 1.29 is 4.79 Å². The van der Waals surface area contributed by atoms with E-state index < -0.39 is 0 Å². The Labute approximate surface area is 178 Å². The minimum atomic E-state index is 0.0891. The Morgan fingerprint density at radius 3 is 2.47 bits per heavy atom. The molecule has 1 spiro atoms. The van der Waals surface area contributed by atoms with Crippen LogP contribution >= 0.6 is 0 Å². The second kappa shape index (κ2) is 8.04. The standard InChI is InChI=1S/C26H27N3O/c30-25(21-8-2-1-3-9-21)29-17-23-11-5-4-10-22(23)16-26(20-29)13-15-28(19-26)18-24-12-6-7-14-27-24/h1-12,14H,13,15-20H2. The van der Waals surface area contributed by atoms with Crippen LogP contribution in [0.3, 0.4) is 0 Å². The third kappa shape index (κ3) is 3.88. The Balaban J connectivity index is 1.42. The summed E-state index contributed by atoms with van der Waals surface area (Å²) in [5.74, 6) is 0.134. The lowest BCUT2D eigenvalue weighted by Gasteiger charge is -2.33. The lowest BCUT2D eigenvalue weighted by atomic mass is 9.80. The molecule has 2 aliphatic heterocycles. The van der Waals surface area contributed by atoms with Crippen LogP contribution < -0.4 is 0 Å². The molecule has 1 aromatic heterocycles. The molecule has 0 saturated carbocycles. The van der Waals surface area contributed by atoms with Crippen LogP contribution in [0.15, 0.2) is 79.0 Å². The first-order chi connectivity index (χ1) is 14.7. The average Bonchev–Trinajstić information content (AvgIpc) is 3.08. The Kier molecular flexibility index (Phi) is 5.09. The van der Waals surface area contributed by atoms with E-state index in [0.717, 1.165) is 50.3 Å². The molecule has 0 radical (unpaired) electrons. The number of amides is 1. The first kappa shape index (κ1) is 19.0. The summed E-state index contributed by atoms with van der Waals surface area (Å²) >= 11 is 0. The van der Waals surface area contributed by atoms with Gasteiger partial charge in [-0.25, -0.2) is 0 Å². The van der Waals surface area contributed by atoms with Gasteiger partial charge in [-0.15, -0.1) is 0 Å². The fourth-order valence-electron chi connectivity index (χ4n) is 5.07. The van der Waals surface area contributed by atoms with E-state index in [1.54, 1.807) is 0 Å². The monoisotopic (exact) mass is 397 g/mol. The summed E-state index contributed by atoms with van der Waals surface area (Å²) < 4.78 is 0. The van der Waals surface area contributed by atoms with Crippen molar-refractivity contribution in [2.24, 2.45) is 5.41 Å². The number of hydrogen-bond acceptors (Lipinski definition) is 3. The number of carbonyl (C=O) groups is 1. The van der Waals surface area contributed by atoms with Gasteiger partial charge in [-0.2, -0.15) is 0 Å². The highest BCUT2D eigenvalue weighted by molar-refractivity contribution is 5.94. The zero-order valence-corrected chi connectivity index (χ0v) is 17.2. The lowest BCUT2D eigenvalue weighted by Crippen LogP contribution is -2.42. The second-order valence-corrected chi connectivity index (χ2v) is 8.75. The largest absolute Gasteiger partial charge is 0.334 e. The van der Waals surface area contributed by atoms with Gasteiger partial charge in [0.05, 0.1) is 5.69 Å². The van der Waals surface area contributed by atoms with Gasteiger partial charge in [0.1, 0.15) is 0 Å². The number of benzene rings is 2. The van der Waals surface area contributed by atoms with Gasteiger partial charge in [0.2, 0.25) is 0 Å². The van der Waals surface area contributed by atoms with Crippen molar-refractivity contribution in [3.8, 4) is 0 Å². The predicted molar refractivity (Wildman–Crippen MR) is 118 cm³/mol. The molecular weight excluding hydrogens is 370 g/mol. The van der Waals surface area contributed by atoms with Crippen LogP contribution in [0, 0.1) is 5.41 Å². The Morgan fingerprint density at radius 2 is 1.67 bits per heavy atom. The van der Waals surface area contributed by atoms with Gasteiger partial charge < -0.3 is 4.90 Å². The summed E-state index contributed by atoms with van der Waals surface area (Å²) in [6.45, 7) is 4.40. The summed E-state index contributed by atoms with van der Waals surface area (Å²) in [4.78, 5) is 22.5. The minimum absolute atomic E-state index is 0.0891. The molecule has 2 aromatic carbocycles. The van der Waals surface area contributed by atoms with Gasteiger partial charge in [-0.1, -0.05) is 48.5 Å². The highest BCUT2D eigenvalue weighted by Crippen LogP contribution is 2.39. The number of nitrogens with zero attached hydrogens (tertiary/aromatic N) is 3. The maximum Gasteiger partial charge on any atom is 0.254 e. The smallest absolute Gasteiger partial charge is 0.254 e. The molecule has 2 aliphatic rings. The van der Waals surface area contributed by atoms with Crippen molar-refractivity contribution in [2.45, 2.75) is 25.9 Å². The van der Waals surface area contributed by atoms with Crippen molar-refractivity contribution in [1.82, 2.24) is 14.8 Å². The normalized spacial score (nSPS) is 21.4. The lowest BCUT2D eigenvalue weighted by molar-refractivity contribution is 0.0656. The highest BCUT2D eigenvalue weighted by atomic mass is 16.2. The van der Waals surface area contributed by atoms with Crippen LogP contribution in [-0.4, -0.2) is 40.3 Å². The van der Waals surface area contributed by atoms with E-state index >= 15 is 0 Å². The van der Waals surface area contributed by atoms with Crippen LogP contribution in [0.4, 0.5) is 0 Å². The van der Waals surface area contributed by atoms with Gasteiger partial charge in [-0.05, 0) is 54.8 Å². The van der Waals surface area contributed by atoms with E-state index in [1.807, 2.05) is 42.6 Å². The quantitative estimate of drug-likeness (QED) is 0.665. The average molecular weight is 398 g/mol. The van der Waals surface area contributed by atoms with Crippen molar-refractivity contribution in [3.05, 3.63) is 101 Å². The number of rotatable bonds is 3. The van der Waals surface area contributed by atoms with Crippen molar-refractivity contribution in [3.63, 3.8) is 0 Å². The molecule has 4 nitrogen and oxygen atoms in total. The van der Waals surface area contributed by atoms with Crippen LogP contribution in [0.1, 0.15) is 33.6 Å². The molecule has 152 valence electrons. The van der Waals surface area contributed by atoms with Crippen LogP contribution in [-0.2, 0) is 19.5 Å². The third-order valence-electron chi connectivity index (χ3n) is 6.51. The number of hydrogen-bond donors (Lipinski definition) is 0. The summed E-state index contributed by atoms with van der Waals surface area (Å²) in [5.41, 5.74) is 4.64. The van der Waals surface area contributed by atoms with E-state index in [1.165, 1.54) is 11.1 Å². The molecule has 0 bridgehead atoms. The SMILES string of the molecule is O=C(c1ccccc1)N1Cc2ccccc2CC2(CCN(Cc3ccccn3)C2)C1. The molecule has 1 atom stereocenters. The molecule has 1 fully saturated rings. The van der Waals surface area contributed by atoms with Crippen molar-refractivity contribution in [1.29, 1.82) is 0 Å². The predicted octanol–water partition coefficient (Wildman–Crippen LogP) is 4.17. The molecular formula is C26H27N3O. The first-order valence-electron chi connectivity index (χ1n) is 10.7. The molecule has 5 rings (SSSR count). The highest BCUT2D eigenvalue weighted by Gasteiger charge is 2.42. The van der Waals surface area contributed by atoms with Crippen LogP contribution in [0.5, 0.6) is 0 Å². The first-order valence-corrected chi connectivity index (χ1v) is 10.7. The second-order valence-electron chi connectivity index (χ2n) is 8.75. The summed E-state index contributed by atoms with van der Waals surface area (Å²) in [6.07, 6.45) is 4.00. The van der Waals surface area contributed by atoms with E-state index in [9.17, 15) is 4.79 Å². The topological polar surface area (TPSA) is 36.4 Å². The van der Waals surface area contributed by atoms with Gasteiger partial charge in [0, 0.05) is 43.4 Å². The zero-order valence-electron chi connectivity index (χ0n) is 17.2. The fraction of sp³-hybridized carbons (Fsp3) is 0.308. The third-order valence-corrected chi connectivity index (χ3v) is 6.51. The molecule has 0 N–H and O–H groups in total. The maximum atomic E-state index is 13.4. The Morgan fingerprint density at radius 1 is 0.900 bits per heavy atom. The molecule has 4 heteroatoms. The number of carbonyl (C=O) groups excluding carboxylic acids is 1. The van der Waals surface area contributed by atoms with Crippen LogP contribution in [0.25, 0.3) is 0 Å². The molecule has 30 heavy (non-hydrogen) atoms. The molecule has 3 aromatic rings. The fourth-order valence-corrected chi connectivity index (χ4v) is 5.07. The zero-order chi connectivity index (χ0) is 20.4. The summed E-state index contributed by atoms with van der Waals surface area (Å²) in [7, 11) is 0. The molecule has 1 amide bonds. The Hall–Kier alpha value is -2.98. The summed E-state index contributed by atoms with van der Waals surface area (Å²) in [5, 5.41) is 0. The summed E-state index contributed by atoms with van der Waals surface area (Å²) in [6, 6.07) is 24.4. The van der Waals surface area contributed by atoms with Gasteiger partial charge in [0.25, 0.3) is 5.91 Å². The van der Waals surface area contributed by atoms with Gasteiger partial charge >= 0.3 is 0 Å². The molecule has 1 saturated heterocycles. The van der Waals surface area contributed by atoms with Crippen LogP contribution in [0.2, 0.25) is 0 Å². The van der Waals surface area contributed by atoms with E-state index in [2.05, 4.69) is 51.2 Å². The maximum absolute atomic E-state index is 13.4. The van der Waals surface area contributed by atoms with Gasteiger partial charge in [-0.3, -0.25) is 14.7 Å². The van der Waals surface area contributed by atoms with E-state index in [0.29, 0.717) is 6.54 Å². The number of aromatic nitrogens is 1.